The Bertz CT molecular complexity index is 1060. The number of hydrogen-bond acceptors (Lipinski definition) is 5. The van der Waals surface area contributed by atoms with Crippen LogP contribution < -0.4 is 4.74 Å². The highest BCUT2D eigenvalue weighted by Crippen LogP contribution is 2.28. The van der Waals surface area contributed by atoms with Crippen molar-refractivity contribution in [2.24, 2.45) is 18.9 Å². The van der Waals surface area contributed by atoms with Gasteiger partial charge in [-0.05, 0) is 69.1 Å². The monoisotopic (exact) mass is 488 g/mol. The fourth-order valence-electron chi connectivity index (χ4n) is 4.99. The molecule has 1 aromatic carbocycles. The molecule has 8 nitrogen and oxygen atoms in total. The molecule has 186 valence electrons. The number of carbonyl (C=O) groups excluding carboxylic acids is 1. The molecule has 2 fully saturated rings. The SMILES string of the molecule is COc1ccc(CCC2CCN(C(=O)C3CCN(S(=O)(=O)c4cn(C)c(C)n4)CC3)CC2)cc1. The summed E-state index contributed by atoms with van der Waals surface area (Å²) in [6.07, 6.45) is 6.95. The summed E-state index contributed by atoms with van der Waals surface area (Å²) in [5, 5.41) is 0.0917. The van der Waals surface area contributed by atoms with Crippen LogP contribution in [0.2, 0.25) is 0 Å². The molecule has 2 aliphatic heterocycles. The Balaban J connectivity index is 1.22. The number of benzene rings is 1. The number of ether oxygens (including phenoxy) is 1. The van der Waals surface area contributed by atoms with Crippen LogP contribution in [0.5, 0.6) is 5.75 Å². The van der Waals surface area contributed by atoms with E-state index in [9.17, 15) is 13.2 Å². The second-order valence-corrected chi connectivity index (χ2v) is 11.5. The average Bonchev–Trinajstić information content (AvgIpc) is 3.22. The third kappa shape index (κ3) is 5.46. The van der Waals surface area contributed by atoms with E-state index in [1.807, 2.05) is 17.0 Å². The minimum absolute atomic E-state index is 0.0900. The Morgan fingerprint density at radius 2 is 1.71 bits per heavy atom. The highest BCUT2D eigenvalue weighted by molar-refractivity contribution is 7.89. The number of imidazole rings is 1. The number of methoxy groups -OCH3 is 1. The van der Waals surface area contributed by atoms with Crippen LogP contribution in [0.3, 0.4) is 0 Å². The summed E-state index contributed by atoms with van der Waals surface area (Å²) in [5.41, 5.74) is 1.32. The van der Waals surface area contributed by atoms with E-state index in [2.05, 4.69) is 17.1 Å². The summed E-state index contributed by atoms with van der Waals surface area (Å²) in [4.78, 5) is 19.3. The van der Waals surface area contributed by atoms with Crippen LogP contribution in [-0.4, -0.2) is 66.4 Å². The third-order valence-electron chi connectivity index (χ3n) is 7.42. The van der Waals surface area contributed by atoms with Crippen LogP contribution in [0.1, 0.15) is 43.5 Å². The maximum absolute atomic E-state index is 13.1. The number of amides is 1. The van der Waals surface area contributed by atoms with Crippen molar-refractivity contribution in [2.75, 3.05) is 33.3 Å². The fourth-order valence-corrected chi connectivity index (χ4v) is 6.48. The first-order valence-electron chi connectivity index (χ1n) is 12.2. The molecular formula is C25H36N4O4S. The Morgan fingerprint density at radius 3 is 2.26 bits per heavy atom. The van der Waals surface area contributed by atoms with Crippen molar-refractivity contribution in [1.29, 1.82) is 0 Å². The van der Waals surface area contributed by atoms with E-state index < -0.39 is 10.0 Å². The zero-order valence-electron chi connectivity index (χ0n) is 20.4. The van der Waals surface area contributed by atoms with Gasteiger partial charge in [-0.1, -0.05) is 12.1 Å². The van der Waals surface area contributed by atoms with E-state index in [0.717, 1.165) is 44.5 Å². The second kappa shape index (κ2) is 10.5. The van der Waals surface area contributed by atoms with Crippen molar-refractivity contribution in [2.45, 2.75) is 50.5 Å². The molecule has 0 N–H and O–H groups in total. The summed E-state index contributed by atoms with van der Waals surface area (Å²) >= 11 is 0. The molecule has 3 heterocycles. The van der Waals surface area contributed by atoms with Gasteiger partial charge in [0.1, 0.15) is 11.6 Å². The molecule has 1 amide bonds. The minimum Gasteiger partial charge on any atom is -0.497 e. The van der Waals surface area contributed by atoms with E-state index in [1.54, 1.807) is 31.8 Å². The lowest BCUT2D eigenvalue weighted by Crippen LogP contribution is -2.46. The van der Waals surface area contributed by atoms with Gasteiger partial charge in [-0.2, -0.15) is 4.31 Å². The summed E-state index contributed by atoms with van der Waals surface area (Å²) < 4.78 is 34.2. The quantitative estimate of drug-likeness (QED) is 0.598. The molecule has 9 heteroatoms. The van der Waals surface area contributed by atoms with E-state index in [-0.39, 0.29) is 16.9 Å². The molecule has 34 heavy (non-hydrogen) atoms. The van der Waals surface area contributed by atoms with Gasteiger partial charge in [0.25, 0.3) is 10.0 Å². The Morgan fingerprint density at radius 1 is 1.06 bits per heavy atom. The second-order valence-electron chi connectivity index (χ2n) is 9.57. The summed E-state index contributed by atoms with van der Waals surface area (Å²) in [7, 11) is -0.144. The zero-order valence-corrected chi connectivity index (χ0v) is 21.3. The molecule has 0 atom stereocenters. The standard InChI is InChI=1S/C25H36N4O4S/c1-19-26-24(18-27(19)2)34(31,32)29-16-12-22(13-17-29)25(30)28-14-10-21(11-15-28)5-4-20-6-8-23(33-3)9-7-20/h6-9,18,21-22H,4-5,10-17H2,1-3H3. The smallest absolute Gasteiger partial charge is 0.262 e. The summed E-state index contributed by atoms with van der Waals surface area (Å²) in [6.45, 7) is 4.13. The minimum atomic E-state index is -3.61. The predicted molar refractivity (Wildman–Crippen MR) is 130 cm³/mol. The van der Waals surface area contributed by atoms with Crippen molar-refractivity contribution in [3.05, 3.63) is 41.9 Å². The number of hydrogen-bond donors (Lipinski definition) is 0. The lowest BCUT2D eigenvalue weighted by molar-refractivity contribution is -0.138. The molecule has 2 aliphatic rings. The first kappa shape index (κ1) is 24.7. The zero-order chi connectivity index (χ0) is 24.3. The largest absolute Gasteiger partial charge is 0.497 e. The molecule has 0 saturated carbocycles. The van der Waals surface area contributed by atoms with Crippen molar-refractivity contribution >= 4 is 15.9 Å². The number of likely N-dealkylation sites (tertiary alicyclic amines) is 1. The van der Waals surface area contributed by atoms with E-state index in [4.69, 9.17) is 4.74 Å². The number of piperidine rings is 2. The fraction of sp³-hybridized carbons (Fsp3) is 0.600. The highest BCUT2D eigenvalue weighted by atomic mass is 32.2. The number of sulfonamides is 1. The first-order valence-corrected chi connectivity index (χ1v) is 13.6. The van der Waals surface area contributed by atoms with Crippen LogP contribution in [0.25, 0.3) is 0 Å². The molecule has 4 rings (SSSR count). The molecule has 0 aliphatic carbocycles. The normalized spacial score (nSPS) is 18.9. The Kier molecular flexibility index (Phi) is 7.62. The highest BCUT2D eigenvalue weighted by Gasteiger charge is 2.35. The summed E-state index contributed by atoms with van der Waals surface area (Å²) in [6, 6.07) is 8.26. The van der Waals surface area contributed by atoms with Gasteiger partial charge < -0.3 is 14.2 Å². The molecule has 2 saturated heterocycles. The van der Waals surface area contributed by atoms with Gasteiger partial charge >= 0.3 is 0 Å². The van der Waals surface area contributed by atoms with Crippen LogP contribution in [-0.2, 0) is 28.3 Å². The first-order chi connectivity index (χ1) is 16.3. The lowest BCUT2D eigenvalue weighted by atomic mass is 9.89. The molecule has 0 bridgehead atoms. The van der Waals surface area contributed by atoms with Gasteiger partial charge in [0, 0.05) is 45.3 Å². The molecule has 0 spiro atoms. The van der Waals surface area contributed by atoms with E-state index >= 15 is 0 Å². The average molecular weight is 489 g/mol. The Labute approximate surface area is 203 Å². The molecular weight excluding hydrogens is 452 g/mol. The van der Waals surface area contributed by atoms with Gasteiger partial charge in [0.2, 0.25) is 5.91 Å². The number of aryl methyl sites for hydroxylation is 3. The maximum atomic E-state index is 13.1. The van der Waals surface area contributed by atoms with Crippen LogP contribution >= 0.6 is 0 Å². The van der Waals surface area contributed by atoms with Crippen LogP contribution in [0.4, 0.5) is 0 Å². The van der Waals surface area contributed by atoms with E-state index in [0.29, 0.717) is 37.7 Å². The lowest BCUT2D eigenvalue weighted by Gasteiger charge is -2.37. The maximum Gasteiger partial charge on any atom is 0.262 e. The third-order valence-corrected chi connectivity index (χ3v) is 9.19. The number of aromatic nitrogens is 2. The van der Waals surface area contributed by atoms with Crippen molar-refractivity contribution < 1.29 is 17.9 Å². The molecule has 2 aromatic rings. The Hall–Kier alpha value is -2.39. The van der Waals surface area contributed by atoms with E-state index in [1.165, 1.54) is 9.87 Å². The van der Waals surface area contributed by atoms with Gasteiger partial charge in [-0.3, -0.25) is 4.79 Å². The predicted octanol–water partition coefficient (Wildman–Crippen LogP) is 3.01. The molecule has 0 unspecified atom stereocenters. The van der Waals surface area contributed by atoms with Crippen molar-refractivity contribution in [3.8, 4) is 5.75 Å². The number of carbonyl (C=O) groups is 1. The van der Waals surface area contributed by atoms with Crippen LogP contribution in [0, 0.1) is 18.8 Å². The molecule has 0 radical (unpaired) electrons. The topological polar surface area (TPSA) is 84.7 Å². The van der Waals surface area contributed by atoms with Gasteiger partial charge in [0.15, 0.2) is 5.03 Å². The number of rotatable bonds is 7. The summed E-state index contributed by atoms with van der Waals surface area (Å²) in [5.74, 6) is 2.29. The molecule has 1 aromatic heterocycles. The van der Waals surface area contributed by atoms with Gasteiger partial charge in [-0.15, -0.1) is 0 Å². The van der Waals surface area contributed by atoms with Gasteiger partial charge in [0.05, 0.1) is 7.11 Å². The van der Waals surface area contributed by atoms with Crippen LogP contribution in [0.15, 0.2) is 35.5 Å². The number of nitrogens with zero attached hydrogens (tertiary/aromatic N) is 4. The van der Waals surface area contributed by atoms with Gasteiger partial charge in [-0.25, -0.2) is 13.4 Å². The van der Waals surface area contributed by atoms with Crippen molar-refractivity contribution in [1.82, 2.24) is 18.8 Å². The van der Waals surface area contributed by atoms with Crippen molar-refractivity contribution in [3.63, 3.8) is 0 Å².